The highest BCUT2D eigenvalue weighted by Crippen LogP contribution is 2.18. The van der Waals surface area contributed by atoms with Gasteiger partial charge in [0.2, 0.25) is 0 Å². The van der Waals surface area contributed by atoms with Crippen LogP contribution < -0.4 is 4.72 Å². The van der Waals surface area contributed by atoms with Crippen molar-refractivity contribution in [2.24, 2.45) is 0 Å². The number of rotatable bonds is 5. The van der Waals surface area contributed by atoms with Crippen LogP contribution in [0, 0.1) is 11.3 Å². The molecule has 0 aromatic heterocycles. The lowest BCUT2D eigenvalue weighted by Crippen LogP contribution is -2.25. The Kier molecular flexibility index (Phi) is 5.18. The van der Waals surface area contributed by atoms with E-state index in [1.165, 1.54) is 62.7 Å². The van der Waals surface area contributed by atoms with E-state index in [0.717, 1.165) is 5.06 Å². The van der Waals surface area contributed by atoms with Crippen molar-refractivity contribution >= 4 is 21.6 Å². The maximum atomic E-state index is 12.3. The molecule has 0 spiro atoms. The van der Waals surface area contributed by atoms with Crippen LogP contribution in [0.5, 0.6) is 0 Å². The number of carbonyl (C=O) groups excluding carboxylic acids is 1. The molecule has 0 saturated heterocycles. The Bertz CT molecular complexity index is 886. The van der Waals surface area contributed by atoms with Gasteiger partial charge < -0.3 is 0 Å². The van der Waals surface area contributed by atoms with E-state index >= 15 is 0 Å². The summed E-state index contributed by atoms with van der Waals surface area (Å²) in [4.78, 5) is 16.7. The van der Waals surface area contributed by atoms with E-state index in [-0.39, 0.29) is 16.4 Å². The highest BCUT2D eigenvalue weighted by atomic mass is 32.2. The molecule has 2 aromatic rings. The van der Waals surface area contributed by atoms with Crippen LogP contribution in [-0.2, 0) is 14.9 Å². The number of nitriles is 1. The van der Waals surface area contributed by atoms with Gasteiger partial charge in [0.15, 0.2) is 0 Å². The van der Waals surface area contributed by atoms with Gasteiger partial charge in [0.05, 0.1) is 23.6 Å². The Labute approximate surface area is 140 Å². The van der Waals surface area contributed by atoms with Crippen LogP contribution in [0.15, 0.2) is 53.4 Å². The molecule has 0 fully saturated rings. The van der Waals surface area contributed by atoms with E-state index in [1.54, 1.807) is 0 Å². The summed E-state index contributed by atoms with van der Waals surface area (Å²) in [6.07, 6.45) is 0. The second kappa shape index (κ2) is 7.12. The first-order valence-electron chi connectivity index (χ1n) is 6.82. The van der Waals surface area contributed by atoms with Crippen molar-refractivity contribution in [2.45, 2.75) is 4.90 Å². The molecular weight excluding hydrogens is 330 g/mol. The lowest BCUT2D eigenvalue weighted by Gasteiger charge is -2.14. The van der Waals surface area contributed by atoms with Crippen molar-refractivity contribution in [1.82, 2.24) is 5.06 Å². The number of amides is 1. The Balaban J connectivity index is 2.21. The average Bonchev–Trinajstić information content (AvgIpc) is 2.60. The minimum absolute atomic E-state index is 0.0131. The molecule has 0 atom stereocenters. The molecule has 0 radical (unpaired) electrons. The molecule has 2 rings (SSSR count). The molecule has 0 unspecified atom stereocenters. The third-order valence-electron chi connectivity index (χ3n) is 3.22. The van der Waals surface area contributed by atoms with Crippen LogP contribution in [0.2, 0.25) is 0 Å². The molecule has 7 nitrogen and oxygen atoms in total. The molecule has 24 heavy (non-hydrogen) atoms. The lowest BCUT2D eigenvalue weighted by molar-refractivity contribution is -0.0756. The molecule has 0 aliphatic heterocycles. The predicted molar refractivity (Wildman–Crippen MR) is 87.5 cm³/mol. The normalized spacial score (nSPS) is 10.7. The number of hydroxylamine groups is 2. The maximum Gasteiger partial charge on any atom is 0.277 e. The fourth-order valence-electron chi connectivity index (χ4n) is 1.89. The van der Waals surface area contributed by atoms with Gasteiger partial charge in [-0.15, -0.1) is 0 Å². The van der Waals surface area contributed by atoms with Gasteiger partial charge in [0, 0.05) is 18.3 Å². The van der Waals surface area contributed by atoms with E-state index in [1.807, 2.05) is 6.07 Å². The predicted octanol–water partition coefficient (Wildman–Crippen LogP) is 1.99. The summed E-state index contributed by atoms with van der Waals surface area (Å²) in [6, 6.07) is 13.5. The van der Waals surface area contributed by atoms with Gasteiger partial charge in [0.25, 0.3) is 15.9 Å². The molecule has 0 bridgehead atoms. The van der Waals surface area contributed by atoms with Crippen LogP contribution in [0.3, 0.4) is 0 Å². The summed E-state index contributed by atoms with van der Waals surface area (Å²) in [5.74, 6) is -0.353. The average molecular weight is 345 g/mol. The Morgan fingerprint density at radius 1 is 1.21 bits per heavy atom. The minimum Gasteiger partial charge on any atom is -0.280 e. The summed E-state index contributed by atoms with van der Waals surface area (Å²) >= 11 is 0. The molecule has 1 N–H and O–H groups in total. The van der Waals surface area contributed by atoms with Gasteiger partial charge in [-0.05, 0) is 42.5 Å². The van der Waals surface area contributed by atoms with E-state index in [9.17, 15) is 13.2 Å². The Morgan fingerprint density at radius 3 is 2.46 bits per heavy atom. The van der Waals surface area contributed by atoms with E-state index in [4.69, 9.17) is 10.1 Å². The number of nitrogens with zero attached hydrogens (tertiary/aromatic N) is 2. The first-order chi connectivity index (χ1) is 11.4. The zero-order valence-electron chi connectivity index (χ0n) is 13.1. The van der Waals surface area contributed by atoms with Crippen LogP contribution in [0.1, 0.15) is 15.9 Å². The summed E-state index contributed by atoms with van der Waals surface area (Å²) in [5, 5.41) is 9.92. The fourth-order valence-corrected chi connectivity index (χ4v) is 3.00. The number of hydrogen-bond acceptors (Lipinski definition) is 5. The zero-order valence-corrected chi connectivity index (χ0v) is 13.9. The summed E-state index contributed by atoms with van der Waals surface area (Å²) in [5.41, 5.74) is 0.907. The van der Waals surface area contributed by atoms with Gasteiger partial charge in [-0.2, -0.15) is 5.26 Å². The minimum atomic E-state index is -3.82. The van der Waals surface area contributed by atoms with E-state index in [0.29, 0.717) is 11.3 Å². The van der Waals surface area contributed by atoms with Crippen molar-refractivity contribution in [3.8, 4) is 6.07 Å². The van der Waals surface area contributed by atoms with Gasteiger partial charge in [0.1, 0.15) is 0 Å². The van der Waals surface area contributed by atoms with Crippen LogP contribution >= 0.6 is 0 Å². The van der Waals surface area contributed by atoms with Gasteiger partial charge in [-0.1, -0.05) is 6.07 Å². The summed E-state index contributed by atoms with van der Waals surface area (Å²) < 4.78 is 27.1. The lowest BCUT2D eigenvalue weighted by atomic mass is 10.2. The number of sulfonamides is 1. The molecule has 1 amide bonds. The summed E-state index contributed by atoms with van der Waals surface area (Å²) in [7, 11) is -0.977. The first-order valence-corrected chi connectivity index (χ1v) is 8.31. The van der Waals surface area contributed by atoms with Gasteiger partial charge >= 0.3 is 0 Å². The number of carbonyl (C=O) groups is 1. The Morgan fingerprint density at radius 2 is 1.88 bits per heavy atom. The molecule has 0 saturated carbocycles. The fraction of sp³-hybridized carbons (Fsp3) is 0.125. The van der Waals surface area contributed by atoms with E-state index < -0.39 is 10.0 Å². The van der Waals surface area contributed by atoms with Gasteiger partial charge in [-0.3, -0.25) is 14.4 Å². The highest BCUT2D eigenvalue weighted by molar-refractivity contribution is 7.92. The second-order valence-corrected chi connectivity index (χ2v) is 6.49. The zero-order chi connectivity index (χ0) is 17.7. The Hall–Kier alpha value is -2.89. The highest BCUT2D eigenvalue weighted by Gasteiger charge is 2.16. The SMILES string of the molecule is CON(C)C(=O)c1ccc(NS(=O)(=O)c2cccc(C#N)c2)cc1. The summed E-state index contributed by atoms with van der Waals surface area (Å²) in [6.45, 7) is 0. The third-order valence-corrected chi connectivity index (χ3v) is 4.60. The largest absolute Gasteiger partial charge is 0.280 e. The smallest absolute Gasteiger partial charge is 0.277 e. The number of anilines is 1. The molecule has 0 aliphatic rings. The van der Waals surface area contributed by atoms with Crippen molar-refractivity contribution in [2.75, 3.05) is 18.9 Å². The third kappa shape index (κ3) is 3.90. The van der Waals surface area contributed by atoms with Gasteiger partial charge in [-0.25, -0.2) is 13.5 Å². The van der Waals surface area contributed by atoms with E-state index in [2.05, 4.69) is 4.72 Å². The molecule has 8 heteroatoms. The second-order valence-electron chi connectivity index (χ2n) is 4.81. The maximum absolute atomic E-state index is 12.3. The molecule has 124 valence electrons. The van der Waals surface area contributed by atoms with Crippen LogP contribution in [-0.4, -0.2) is 33.5 Å². The quantitative estimate of drug-likeness (QED) is 0.836. The monoisotopic (exact) mass is 345 g/mol. The topological polar surface area (TPSA) is 99.5 Å². The molecular formula is C16H15N3O4S. The molecule has 2 aromatic carbocycles. The number of nitrogens with one attached hydrogen (secondary N) is 1. The first kappa shape index (κ1) is 17.5. The molecule has 0 aliphatic carbocycles. The standard InChI is InChI=1S/C16H15N3O4S/c1-19(23-2)16(20)13-6-8-14(9-7-13)18-24(21,22)15-5-3-4-12(10-15)11-17/h3-10,18H,1-2H3. The van der Waals surface area contributed by atoms with Crippen molar-refractivity contribution in [1.29, 1.82) is 5.26 Å². The molecule has 0 heterocycles. The van der Waals surface area contributed by atoms with Crippen molar-refractivity contribution < 1.29 is 18.0 Å². The van der Waals surface area contributed by atoms with Crippen molar-refractivity contribution in [3.05, 3.63) is 59.7 Å². The van der Waals surface area contributed by atoms with Crippen molar-refractivity contribution in [3.63, 3.8) is 0 Å². The number of benzene rings is 2. The van der Waals surface area contributed by atoms with Crippen LogP contribution in [0.4, 0.5) is 5.69 Å². The number of hydrogen-bond donors (Lipinski definition) is 1. The van der Waals surface area contributed by atoms with Crippen LogP contribution in [0.25, 0.3) is 0 Å².